The number of aromatic nitrogens is 2. The second kappa shape index (κ2) is 11.0. The highest BCUT2D eigenvalue weighted by Gasteiger charge is 2.21. The molecule has 0 unspecified atom stereocenters. The number of aliphatic imine (C=N–C) groups is 1. The lowest BCUT2D eigenvalue weighted by molar-refractivity contribution is -0.118. The topological polar surface area (TPSA) is 106 Å². The summed E-state index contributed by atoms with van der Waals surface area (Å²) in [5.41, 5.74) is 2.34. The Kier molecular flexibility index (Phi) is 8.12. The molecule has 3 rings (SSSR count). The molecular formula is C25H28N4O4S. The number of hydrogen-bond acceptors (Lipinski definition) is 6. The van der Waals surface area contributed by atoms with E-state index in [1.54, 1.807) is 12.1 Å². The van der Waals surface area contributed by atoms with Gasteiger partial charge in [0.15, 0.2) is 0 Å². The first kappa shape index (κ1) is 25.0. The minimum absolute atomic E-state index is 0.0246. The van der Waals surface area contributed by atoms with Crippen molar-refractivity contribution in [2.24, 2.45) is 19.1 Å². The maximum absolute atomic E-state index is 12.9. The van der Waals surface area contributed by atoms with Gasteiger partial charge in [-0.25, -0.2) is 9.79 Å². The first-order chi connectivity index (χ1) is 16.2. The minimum atomic E-state index is -0.683. The van der Waals surface area contributed by atoms with Crippen LogP contribution in [0.3, 0.4) is 0 Å². The Morgan fingerprint density at radius 3 is 2.24 bits per heavy atom. The molecule has 0 saturated carbocycles. The van der Waals surface area contributed by atoms with Crippen molar-refractivity contribution in [2.45, 2.75) is 26.8 Å². The van der Waals surface area contributed by atoms with Gasteiger partial charge in [0, 0.05) is 20.6 Å². The van der Waals surface area contributed by atoms with E-state index in [1.165, 1.54) is 14.1 Å². The van der Waals surface area contributed by atoms with Crippen LogP contribution in [0.15, 0.2) is 63.1 Å². The first-order valence-corrected chi connectivity index (χ1v) is 11.8. The van der Waals surface area contributed by atoms with E-state index in [0.29, 0.717) is 12.2 Å². The molecule has 34 heavy (non-hydrogen) atoms. The van der Waals surface area contributed by atoms with Crippen molar-refractivity contribution >= 4 is 28.4 Å². The summed E-state index contributed by atoms with van der Waals surface area (Å²) in [5, 5.41) is 13.6. The zero-order valence-corrected chi connectivity index (χ0v) is 20.5. The number of aromatic hydroxyl groups is 1. The fourth-order valence-electron chi connectivity index (χ4n) is 3.20. The van der Waals surface area contributed by atoms with Gasteiger partial charge in [0.25, 0.3) is 5.56 Å². The van der Waals surface area contributed by atoms with Gasteiger partial charge in [0.2, 0.25) is 11.8 Å². The lowest BCUT2D eigenvalue weighted by atomic mass is 10.1. The summed E-state index contributed by atoms with van der Waals surface area (Å²) in [5.74, 6) is -0.770. The molecule has 9 heteroatoms. The molecule has 8 nitrogen and oxygen atoms in total. The Labute approximate surface area is 202 Å². The minimum Gasteiger partial charge on any atom is -0.494 e. The molecule has 3 aromatic rings. The molecule has 0 aliphatic heterocycles. The monoisotopic (exact) mass is 480 g/mol. The number of nitrogens with one attached hydrogen (secondary N) is 1. The van der Waals surface area contributed by atoms with E-state index >= 15 is 0 Å². The average molecular weight is 481 g/mol. The molecule has 0 fully saturated rings. The van der Waals surface area contributed by atoms with Gasteiger partial charge in [-0.15, -0.1) is 0 Å². The third-order valence-corrected chi connectivity index (χ3v) is 6.35. The Hall–Kier alpha value is -3.59. The van der Waals surface area contributed by atoms with Gasteiger partial charge >= 0.3 is 5.69 Å². The van der Waals surface area contributed by atoms with Crippen LogP contribution in [-0.2, 0) is 31.9 Å². The molecule has 2 N–H and O–H groups in total. The lowest BCUT2D eigenvalue weighted by Crippen LogP contribution is -2.39. The van der Waals surface area contributed by atoms with Gasteiger partial charge in [-0.1, -0.05) is 60.6 Å². The van der Waals surface area contributed by atoms with Crippen LogP contribution in [-0.4, -0.2) is 30.9 Å². The van der Waals surface area contributed by atoms with Crippen LogP contribution in [0.5, 0.6) is 5.88 Å². The Bertz CT molecular complexity index is 1320. The van der Waals surface area contributed by atoms with E-state index in [2.05, 4.69) is 10.3 Å². The van der Waals surface area contributed by atoms with E-state index in [9.17, 15) is 19.5 Å². The highest BCUT2D eigenvalue weighted by Crippen LogP contribution is 2.23. The molecule has 0 aliphatic rings. The number of aryl methyl sites for hydroxylation is 2. The summed E-state index contributed by atoms with van der Waals surface area (Å²) >= 11 is 1.03. The number of carbonyl (C=O) groups excluding carboxylic acids is 1. The van der Waals surface area contributed by atoms with Crippen molar-refractivity contribution in [3.8, 4) is 5.88 Å². The van der Waals surface area contributed by atoms with Crippen LogP contribution < -0.4 is 16.6 Å². The smallest absolute Gasteiger partial charge is 0.333 e. The van der Waals surface area contributed by atoms with Crippen molar-refractivity contribution in [1.82, 2.24) is 14.5 Å². The summed E-state index contributed by atoms with van der Waals surface area (Å²) in [6.07, 6.45) is 0.870. The second-order valence-electron chi connectivity index (χ2n) is 7.89. The van der Waals surface area contributed by atoms with Gasteiger partial charge in [-0.3, -0.25) is 18.7 Å². The number of benzene rings is 2. The van der Waals surface area contributed by atoms with Crippen molar-refractivity contribution in [1.29, 1.82) is 0 Å². The van der Waals surface area contributed by atoms with Gasteiger partial charge in [0.1, 0.15) is 10.6 Å². The van der Waals surface area contributed by atoms with Crippen molar-refractivity contribution in [3.63, 3.8) is 0 Å². The predicted octanol–water partition coefficient (Wildman–Crippen LogP) is 2.79. The van der Waals surface area contributed by atoms with Crippen LogP contribution in [0.4, 0.5) is 5.69 Å². The molecule has 0 aliphatic carbocycles. The Morgan fingerprint density at radius 1 is 1.00 bits per heavy atom. The fraction of sp³-hybridized carbons (Fsp3) is 0.280. The third kappa shape index (κ3) is 5.85. The predicted molar refractivity (Wildman–Crippen MR) is 136 cm³/mol. The Balaban J connectivity index is 1.89. The largest absolute Gasteiger partial charge is 0.494 e. The normalized spacial score (nSPS) is 11.5. The average Bonchev–Trinajstić information content (AvgIpc) is 2.84. The van der Waals surface area contributed by atoms with Crippen molar-refractivity contribution in [2.75, 3.05) is 5.75 Å². The highest BCUT2D eigenvalue weighted by molar-refractivity contribution is 8.15. The van der Waals surface area contributed by atoms with E-state index < -0.39 is 17.1 Å². The summed E-state index contributed by atoms with van der Waals surface area (Å²) < 4.78 is 1.88. The number of thioether (sulfide) groups is 1. The molecule has 0 radical (unpaired) electrons. The summed E-state index contributed by atoms with van der Waals surface area (Å²) in [6.45, 7) is 4.41. The van der Waals surface area contributed by atoms with Crippen LogP contribution in [0.1, 0.15) is 29.2 Å². The van der Waals surface area contributed by atoms with E-state index in [0.717, 1.165) is 44.0 Å². The summed E-state index contributed by atoms with van der Waals surface area (Å²) in [7, 11) is 2.70. The Morgan fingerprint density at radius 2 is 1.62 bits per heavy atom. The molecule has 0 atom stereocenters. The van der Waals surface area contributed by atoms with Crippen molar-refractivity contribution < 1.29 is 9.90 Å². The molecule has 0 bridgehead atoms. The van der Waals surface area contributed by atoms with Gasteiger partial charge in [-0.2, -0.15) is 0 Å². The number of amides is 1. The molecule has 178 valence electrons. The molecule has 1 heterocycles. The summed E-state index contributed by atoms with van der Waals surface area (Å²) in [4.78, 5) is 42.1. The second-order valence-corrected chi connectivity index (χ2v) is 8.86. The van der Waals surface area contributed by atoms with Crippen LogP contribution in [0.25, 0.3) is 0 Å². The SMILES string of the molecule is CCc1ccc(N=C(SCC(=O)NCc2ccc(C)cc2)c2c(O)n(C)c(=O)n(C)c2=O)cc1. The van der Waals surface area contributed by atoms with E-state index in [4.69, 9.17) is 0 Å². The zero-order valence-electron chi connectivity index (χ0n) is 19.7. The third-order valence-electron chi connectivity index (χ3n) is 5.37. The van der Waals surface area contributed by atoms with Crippen LogP contribution in [0, 0.1) is 6.92 Å². The quantitative estimate of drug-likeness (QED) is 0.400. The number of carbonyl (C=O) groups is 1. The standard InChI is InChI=1S/C25H28N4O4S/c1-5-17-10-12-19(13-11-17)27-22(21-23(31)28(3)25(33)29(4)24(21)32)34-15-20(30)26-14-18-8-6-16(2)7-9-18/h6-13,31H,5,14-15H2,1-4H3,(H,26,30). The molecule has 0 saturated heterocycles. The zero-order chi connectivity index (χ0) is 24.8. The van der Waals surface area contributed by atoms with E-state index in [1.807, 2.05) is 50.2 Å². The lowest BCUT2D eigenvalue weighted by Gasteiger charge is -2.13. The summed E-state index contributed by atoms with van der Waals surface area (Å²) in [6, 6.07) is 15.3. The fourth-order valence-corrected chi connectivity index (χ4v) is 4.06. The van der Waals surface area contributed by atoms with Crippen LogP contribution >= 0.6 is 11.8 Å². The van der Waals surface area contributed by atoms with Gasteiger partial charge < -0.3 is 10.4 Å². The molecule has 2 aromatic carbocycles. The van der Waals surface area contributed by atoms with E-state index in [-0.39, 0.29) is 22.3 Å². The van der Waals surface area contributed by atoms with Crippen LogP contribution in [0.2, 0.25) is 0 Å². The molecular weight excluding hydrogens is 452 g/mol. The number of nitrogens with zero attached hydrogens (tertiary/aromatic N) is 3. The molecule has 0 spiro atoms. The molecule has 1 amide bonds. The first-order valence-electron chi connectivity index (χ1n) is 10.8. The van der Waals surface area contributed by atoms with Gasteiger partial charge in [-0.05, 0) is 36.6 Å². The van der Waals surface area contributed by atoms with Crippen molar-refractivity contribution in [3.05, 3.63) is 91.6 Å². The maximum Gasteiger partial charge on any atom is 0.333 e. The highest BCUT2D eigenvalue weighted by atomic mass is 32.2. The maximum atomic E-state index is 12.9. The number of hydrogen-bond donors (Lipinski definition) is 2. The number of rotatable bonds is 7. The van der Waals surface area contributed by atoms with Gasteiger partial charge in [0.05, 0.1) is 11.4 Å². The molecule has 1 aromatic heterocycles.